The minimum absolute atomic E-state index is 0.113. The second kappa shape index (κ2) is 13.1. The van der Waals surface area contributed by atoms with E-state index < -0.39 is 5.97 Å². The van der Waals surface area contributed by atoms with Crippen LogP contribution in [-0.4, -0.2) is 41.3 Å². The van der Waals surface area contributed by atoms with E-state index in [0.717, 1.165) is 41.6 Å². The highest BCUT2D eigenvalue weighted by Crippen LogP contribution is 2.35. The molecule has 4 N–H and O–H groups in total. The van der Waals surface area contributed by atoms with Crippen LogP contribution in [0.3, 0.4) is 0 Å². The van der Waals surface area contributed by atoms with E-state index in [9.17, 15) is 9.59 Å². The molecule has 0 amide bonds. The summed E-state index contributed by atoms with van der Waals surface area (Å²) in [7, 11) is 3.14. The van der Waals surface area contributed by atoms with Gasteiger partial charge in [0.1, 0.15) is 11.4 Å². The molecule has 1 aliphatic rings. The first-order valence-electron chi connectivity index (χ1n) is 14.8. The maximum Gasteiger partial charge on any atom is 0.343 e. The lowest BCUT2D eigenvalue weighted by molar-refractivity contribution is 0.0522. The van der Waals surface area contributed by atoms with Crippen molar-refractivity contribution >= 4 is 28.6 Å². The van der Waals surface area contributed by atoms with Crippen LogP contribution >= 0.6 is 0 Å². The topological polar surface area (TPSA) is 145 Å². The van der Waals surface area contributed by atoms with E-state index in [0.29, 0.717) is 59.1 Å². The molecule has 1 saturated carbocycles. The summed E-state index contributed by atoms with van der Waals surface area (Å²) in [5.41, 5.74) is 16.0. The van der Waals surface area contributed by atoms with Crippen molar-refractivity contribution in [3.8, 4) is 23.3 Å². The Morgan fingerprint density at radius 2 is 1.89 bits per heavy atom. The summed E-state index contributed by atoms with van der Waals surface area (Å²) in [4.78, 5) is 34.8. The second-order valence-corrected chi connectivity index (χ2v) is 10.8. The fraction of sp³-hybridized carbons (Fsp3) is 0.353. The summed E-state index contributed by atoms with van der Waals surface area (Å²) in [5, 5.41) is 0.469. The first-order valence-corrected chi connectivity index (χ1v) is 14.8. The second-order valence-electron chi connectivity index (χ2n) is 10.8. The zero-order valence-electron chi connectivity index (χ0n) is 25.5. The van der Waals surface area contributed by atoms with Gasteiger partial charge in [-0.25, -0.2) is 9.78 Å². The fourth-order valence-corrected chi connectivity index (χ4v) is 5.42. The average molecular weight is 596 g/mol. The van der Waals surface area contributed by atoms with Crippen molar-refractivity contribution in [2.75, 3.05) is 32.3 Å². The van der Waals surface area contributed by atoms with E-state index in [-0.39, 0.29) is 23.5 Å². The molecule has 228 valence electrons. The molecular weight excluding hydrogens is 558 g/mol. The summed E-state index contributed by atoms with van der Waals surface area (Å²) in [6.07, 6.45) is 5.73. The van der Waals surface area contributed by atoms with Gasteiger partial charge >= 0.3 is 5.97 Å². The third kappa shape index (κ3) is 6.32. The number of hydrogen-bond acceptors (Lipinski definition) is 9. The number of nitrogen functional groups attached to an aromatic ring is 2. The molecular formula is C34H37N5O5. The van der Waals surface area contributed by atoms with Crippen LogP contribution in [0.25, 0.3) is 10.9 Å². The number of methoxy groups -OCH3 is 2. The summed E-state index contributed by atoms with van der Waals surface area (Å²) >= 11 is 0. The SMILES string of the molecule is CCCn1c(CC2CC2)c(C(=O)OCC)c(=O)c2ccc(C#Cc3cc(Cc4cnc(N)nc4N)cc(OC)c3OC)cc21. The van der Waals surface area contributed by atoms with Crippen LogP contribution in [0.15, 0.2) is 41.3 Å². The van der Waals surface area contributed by atoms with Gasteiger partial charge in [0.05, 0.1) is 31.9 Å². The minimum Gasteiger partial charge on any atom is -0.493 e. The maximum absolute atomic E-state index is 13.7. The maximum atomic E-state index is 13.7. The number of nitrogens with zero attached hydrogens (tertiary/aromatic N) is 3. The monoisotopic (exact) mass is 595 g/mol. The molecule has 0 aliphatic heterocycles. The number of esters is 1. The molecule has 0 atom stereocenters. The van der Waals surface area contributed by atoms with E-state index in [2.05, 4.69) is 33.3 Å². The Morgan fingerprint density at radius 1 is 1.09 bits per heavy atom. The average Bonchev–Trinajstić information content (AvgIpc) is 3.83. The van der Waals surface area contributed by atoms with Crippen LogP contribution in [0.1, 0.15) is 71.4 Å². The molecule has 2 heterocycles. The van der Waals surface area contributed by atoms with E-state index in [4.69, 9.17) is 25.7 Å². The van der Waals surface area contributed by atoms with Gasteiger partial charge in [0.25, 0.3) is 0 Å². The number of aromatic nitrogens is 3. The number of carbonyl (C=O) groups is 1. The number of anilines is 2. The van der Waals surface area contributed by atoms with Gasteiger partial charge in [-0.1, -0.05) is 18.8 Å². The van der Waals surface area contributed by atoms with Gasteiger partial charge in [0, 0.05) is 41.4 Å². The van der Waals surface area contributed by atoms with E-state index >= 15 is 0 Å². The molecule has 1 fully saturated rings. The third-order valence-electron chi connectivity index (χ3n) is 7.67. The number of rotatable bonds is 10. The van der Waals surface area contributed by atoms with Crippen LogP contribution in [0.2, 0.25) is 0 Å². The first kappa shape index (κ1) is 30.4. The Labute approximate surface area is 256 Å². The molecule has 44 heavy (non-hydrogen) atoms. The lowest BCUT2D eigenvalue weighted by Gasteiger charge is -2.20. The number of nitrogens with two attached hydrogens (primary N) is 2. The molecule has 2 aromatic heterocycles. The first-order chi connectivity index (χ1) is 21.3. The predicted molar refractivity (Wildman–Crippen MR) is 170 cm³/mol. The summed E-state index contributed by atoms with van der Waals surface area (Å²) in [6, 6.07) is 9.24. The number of carbonyl (C=O) groups excluding carboxylic acids is 1. The third-order valence-corrected chi connectivity index (χ3v) is 7.67. The van der Waals surface area contributed by atoms with Crippen LogP contribution < -0.4 is 26.4 Å². The quantitative estimate of drug-likeness (QED) is 0.200. The van der Waals surface area contributed by atoms with Crippen molar-refractivity contribution in [1.82, 2.24) is 14.5 Å². The van der Waals surface area contributed by atoms with Gasteiger partial charge in [-0.05, 0) is 74.4 Å². The van der Waals surface area contributed by atoms with Crippen molar-refractivity contribution in [3.05, 3.63) is 80.3 Å². The Hall–Kier alpha value is -5.04. The highest BCUT2D eigenvalue weighted by Gasteiger charge is 2.29. The molecule has 2 aromatic carbocycles. The number of ether oxygens (including phenoxy) is 3. The van der Waals surface area contributed by atoms with Gasteiger partial charge < -0.3 is 30.2 Å². The molecule has 0 bridgehead atoms. The molecule has 0 unspecified atom stereocenters. The fourth-order valence-electron chi connectivity index (χ4n) is 5.42. The molecule has 10 nitrogen and oxygen atoms in total. The van der Waals surface area contributed by atoms with Crippen LogP contribution in [0.4, 0.5) is 11.8 Å². The molecule has 4 aromatic rings. The normalized spacial score (nSPS) is 12.5. The molecule has 0 spiro atoms. The smallest absolute Gasteiger partial charge is 0.343 e. The predicted octanol–water partition coefficient (Wildman–Crippen LogP) is 4.50. The molecule has 5 rings (SSSR count). The van der Waals surface area contributed by atoms with Crippen molar-refractivity contribution in [2.24, 2.45) is 5.92 Å². The largest absolute Gasteiger partial charge is 0.493 e. The van der Waals surface area contributed by atoms with Crippen LogP contribution in [-0.2, 0) is 24.1 Å². The van der Waals surface area contributed by atoms with Gasteiger partial charge in [-0.15, -0.1) is 0 Å². The zero-order chi connectivity index (χ0) is 31.4. The van der Waals surface area contributed by atoms with Crippen molar-refractivity contribution in [1.29, 1.82) is 0 Å². The van der Waals surface area contributed by atoms with Gasteiger partial charge in [-0.2, -0.15) is 4.98 Å². The lowest BCUT2D eigenvalue weighted by Crippen LogP contribution is -2.26. The zero-order valence-corrected chi connectivity index (χ0v) is 25.5. The number of hydrogen-bond donors (Lipinski definition) is 2. The van der Waals surface area contributed by atoms with Crippen molar-refractivity contribution in [2.45, 2.75) is 52.5 Å². The van der Waals surface area contributed by atoms with Gasteiger partial charge in [0.2, 0.25) is 11.4 Å². The highest BCUT2D eigenvalue weighted by atomic mass is 16.5. The number of aryl methyl sites for hydroxylation is 1. The Kier molecular flexibility index (Phi) is 9.04. The molecule has 0 radical (unpaired) electrons. The molecule has 0 saturated heterocycles. The summed E-state index contributed by atoms with van der Waals surface area (Å²) in [6.45, 7) is 4.69. The van der Waals surface area contributed by atoms with E-state index in [1.54, 1.807) is 39.5 Å². The number of pyridine rings is 1. The highest BCUT2D eigenvalue weighted by molar-refractivity contribution is 5.95. The van der Waals surface area contributed by atoms with Crippen molar-refractivity contribution in [3.63, 3.8) is 0 Å². The Bertz CT molecular complexity index is 1850. The van der Waals surface area contributed by atoms with Gasteiger partial charge in [-0.3, -0.25) is 4.79 Å². The standard InChI is InChI=1S/C34H37N5O5/c1-5-13-39-26-16-21(10-12-25(26)30(40)29(33(41)44-6-2)27(39)17-20-7-8-20)9-11-23-14-22(18-28(42-3)31(23)43-4)15-24-19-37-34(36)38-32(24)35/h10,12,14,16,18-20H,5-8,13,15,17H2,1-4H3,(H4,35,36,37,38). The van der Waals surface area contributed by atoms with E-state index in [1.807, 2.05) is 18.2 Å². The number of benzene rings is 2. The van der Waals surface area contributed by atoms with Crippen molar-refractivity contribution < 1.29 is 19.0 Å². The minimum atomic E-state index is -0.558. The molecule has 10 heteroatoms. The van der Waals surface area contributed by atoms with Crippen LogP contribution in [0, 0.1) is 17.8 Å². The molecule has 1 aliphatic carbocycles. The van der Waals surface area contributed by atoms with Gasteiger partial charge in [0.15, 0.2) is 11.5 Å². The Morgan fingerprint density at radius 3 is 2.55 bits per heavy atom. The number of fused-ring (bicyclic) bond motifs is 1. The summed E-state index contributed by atoms with van der Waals surface area (Å²) < 4.78 is 18.7. The van der Waals surface area contributed by atoms with E-state index in [1.165, 1.54) is 0 Å². The lowest BCUT2D eigenvalue weighted by atomic mass is 10.0. The Balaban J connectivity index is 1.61. The summed E-state index contributed by atoms with van der Waals surface area (Å²) in [5.74, 6) is 7.84. The van der Waals surface area contributed by atoms with Crippen LogP contribution in [0.5, 0.6) is 11.5 Å².